The molecule has 4 atom stereocenters. The van der Waals surface area contributed by atoms with E-state index in [0.717, 1.165) is 19.3 Å². The molecule has 5 heteroatoms. The van der Waals surface area contributed by atoms with Gasteiger partial charge in [-0.25, -0.2) is 4.79 Å². The first-order valence-corrected chi connectivity index (χ1v) is 9.54. The summed E-state index contributed by atoms with van der Waals surface area (Å²) in [6, 6.07) is 8.33. The molecule has 0 saturated heterocycles. The Labute approximate surface area is 154 Å². The van der Waals surface area contributed by atoms with Crippen molar-refractivity contribution in [3.8, 4) is 0 Å². The number of carbonyl (C=O) groups excluding carboxylic acids is 1. The second-order valence-corrected chi connectivity index (χ2v) is 8.64. The van der Waals surface area contributed by atoms with E-state index in [2.05, 4.69) is 17.4 Å². The van der Waals surface area contributed by atoms with Gasteiger partial charge in [0, 0.05) is 29.8 Å². The molecule has 26 heavy (non-hydrogen) atoms. The van der Waals surface area contributed by atoms with Crippen molar-refractivity contribution in [2.45, 2.75) is 63.5 Å². The third-order valence-corrected chi connectivity index (χ3v) is 7.25. The van der Waals surface area contributed by atoms with Gasteiger partial charge >= 0.3 is 5.97 Å². The fraction of sp³-hybridized carbons (Fsp3) is 0.619. The van der Waals surface area contributed by atoms with Crippen molar-refractivity contribution >= 4 is 11.9 Å². The highest BCUT2D eigenvalue weighted by atomic mass is 16.5. The van der Waals surface area contributed by atoms with Crippen LogP contribution in [0.2, 0.25) is 0 Å². The Morgan fingerprint density at radius 3 is 2.65 bits per heavy atom. The van der Waals surface area contributed by atoms with Crippen LogP contribution in [-0.4, -0.2) is 35.2 Å². The number of nitrogens with one attached hydrogen (secondary N) is 1. The zero-order chi connectivity index (χ0) is 18.7. The summed E-state index contributed by atoms with van der Waals surface area (Å²) in [7, 11) is 0. The lowest BCUT2D eigenvalue weighted by Gasteiger charge is -2.58. The number of aryl methyl sites for hydroxylation is 1. The third-order valence-electron chi connectivity index (χ3n) is 7.25. The van der Waals surface area contributed by atoms with Gasteiger partial charge in [0.25, 0.3) is 0 Å². The zero-order valence-electron chi connectivity index (χ0n) is 15.7. The summed E-state index contributed by atoms with van der Waals surface area (Å²) in [4.78, 5) is 25.1. The van der Waals surface area contributed by atoms with Crippen molar-refractivity contribution in [3.63, 3.8) is 0 Å². The monoisotopic (exact) mass is 357 g/mol. The van der Waals surface area contributed by atoms with Crippen molar-refractivity contribution in [3.05, 3.63) is 35.4 Å². The summed E-state index contributed by atoms with van der Waals surface area (Å²) in [6.45, 7) is 6.19. The predicted octanol–water partition coefficient (Wildman–Crippen LogP) is 2.67. The number of ether oxygens (including phenoxy) is 1. The molecule has 0 aliphatic heterocycles. The molecule has 0 aromatic heterocycles. The number of hydrogen-bond donors (Lipinski definition) is 2. The Morgan fingerprint density at radius 1 is 1.27 bits per heavy atom. The lowest BCUT2D eigenvalue weighted by molar-refractivity contribution is -0.194. The Morgan fingerprint density at radius 2 is 2.00 bits per heavy atom. The maximum Gasteiger partial charge on any atom is 0.330 e. The number of amides is 1. The molecule has 140 valence electrons. The molecule has 1 spiro atoms. The molecular weight excluding hydrogens is 330 g/mol. The van der Waals surface area contributed by atoms with E-state index in [1.54, 1.807) is 0 Å². The first kappa shape index (κ1) is 17.5. The van der Waals surface area contributed by atoms with E-state index in [1.807, 2.05) is 32.9 Å². The summed E-state index contributed by atoms with van der Waals surface area (Å²) < 4.78 is 5.68. The quantitative estimate of drug-likeness (QED) is 0.849. The molecule has 4 rings (SSSR count). The SMILES string of the molecule is CCOC1CC(NC(=O)C2CC23CCc2ccccc23)(C(=O)O)C1(C)C. The van der Waals surface area contributed by atoms with Gasteiger partial charge in [-0.2, -0.15) is 0 Å². The molecule has 3 aliphatic rings. The highest BCUT2D eigenvalue weighted by Crippen LogP contribution is 2.62. The molecule has 3 aliphatic carbocycles. The number of fused-ring (bicyclic) bond motifs is 2. The average Bonchev–Trinajstić information content (AvgIpc) is 3.23. The van der Waals surface area contributed by atoms with Crippen molar-refractivity contribution in [1.29, 1.82) is 0 Å². The highest BCUT2D eigenvalue weighted by Gasteiger charge is 2.69. The zero-order valence-corrected chi connectivity index (χ0v) is 15.7. The predicted molar refractivity (Wildman–Crippen MR) is 96.9 cm³/mol. The molecular formula is C21H27NO4. The first-order chi connectivity index (χ1) is 12.3. The van der Waals surface area contributed by atoms with Crippen LogP contribution >= 0.6 is 0 Å². The van der Waals surface area contributed by atoms with Crippen LogP contribution in [0.3, 0.4) is 0 Å². The topological polar surface area (TPSA) is 75.6 Å². The van der Waals surface area contributed by atoms with Gasteiger partial charge in [0.2, 0.25) is 5.91 Å². The van der Waals surface area contributed by atoms with Crippen LogP contribution in [0, 0.1) is 11.3 Å². The standard InChI is InChI=1S/C21H27NO4/c1-4-26-16-12-21(18(24)25,19(16,2)3)22-17(23)15-11-20(15)10-9-13-7-5-6-8-14(13)20/h5-8,15-16H,4,9-12H2,1-3H3,(H,22,23)(H,24,25). The number of rotatable bonds is 5. The van der Waals surface area contributed by atoms with Gasteiger partial charge < -0.3 is 15.2 Å². The molecule has 4 unspecified atom stereocenters. The molecule has 2 saturated carbocycles. The smallest absolute Gasteiger partial charge is 0.330 e. The summed E-state index contributed by atoms with van der Waals surface area (Å²) in [5.74, 6) is -1.20. The highest BCUT2D eigenvalue weighted by molar-refractivity contribution is 5.92. The van der Waals surface area contributed by atoms with Crippen LogP contribution in [0.25, 0.3) is 0 Å². The Kier molecular flexibility index (Phi) is 3.75. The summed E-state index contributed by atoms with van der Waals surface area (Å²) in [5.41, 5.74) is 0.653. The van der Waals surface area contributed by atoms with Gasteiger partial charge in [-0.05, 0) is 37.3 Å². The lowest BCUT2D eigenvalue weighted by Crippen LogP contribution is -2.76. The number of hydrogen-bond acceptors (Lipinski definition) is 3. The molecule has 2 N–H and O–H groups in total. The van der Waals surface area contributed by atoms with Crippen molar-refractivity contribution in [1.82, 2.24) is 5.32 Å². The molecule has 0 radical (unpaired) electrons. The van der Waals surface area contributed by atoms with E-state index in [9.17, 15) is 14.7 Å². The van der Waals surface area contributed by atoms with E-state index < -0.39 is 16.9 Å². The van der Waals surface area contributed by atoms with Gasteiger partial charge in [-0.15, -0.1) is 0 Å². The summed E-state index contributed by atoms with van der Waals surface area (Å²) >= 11 is 0. The largest absolute Gasteiger partial charge is 0.479 e. The minimum Gasteiger partial charge on any atom is -0.479 e. The molecule has 1 aromatic carbocycles. The van der Waals surface area contributed by atoms with Gasteiger partial charge in [-0.1, -0.05) is 38.1 Å². The van der Waals surface area contributed by atoms with Crippen molar-refractivity contribution in [2.75, 3.05) is 6.61 Å². The molecule has 5 nitrogen and oxygen atoms in total. The van der Waals surface area contributed by atoms with Crippen molar-refractivity contribution in [2.24, 2.45) is 11.3 Å². The minimum atomic E-state index is -1.24. The molecule has 2 fully saturated rings. The third kappa shape index (κ3) is 2.13. The van der Waals surface area contributed by atoms with E-state index in [4.69, 9.17) is 4.74 Å². The molecule has 1 amide bonds. The number of carbonyl (C=O) groups is 2. The fourth-order valence-corrected chi connectivity index (χ4v) is 5.27. The van der Waals surface area contributed by atoms with Crippen LogP contribution in [0.15, 0.2) is 24.3 Å². The minimum absolute atomic E-state index is 0.0758. The Hall–Kier alpha value is -1.88. The van der Waals surface area contributed by atoms with Crippen LogP contribution in [0.5, 0.6) is 0 Å². The van der Waals surface area contributed by atoms with Gasteiger partial charge in [0.05, 0.1) is 6.10 Å². The Balaban J connectivity index is 1.53. The average molecular weight is 357 g/mol. The van der Waals surface area contributed by atoms with Crippen LogP contribution in [-0.2, 0) is 26.2 Å². The van der Waals surface area contributed by atoms with Crippen molar-refractivity contribution < 1.29 is 19.4 Å². The number of carboxylic acids is 1. The Bertz CT molecular complexity index is 773. The lowest BCUT2D eigenvalue weighted by atomic mass is 9.54. The van der Waals surface area contributed by atoms with E-state index >= 15 is 0 Å². The summed E-state index contributed by atoms with van der Waals surface area (Å²) in [6.07, 6.45) is 2.98. The first-order valence-electron chi connectivity index (χ1n) is 9.54. The van der Waals surface area contributed by atoms with Crippen LogP contribution < -0.4 is 5.32 Å². The van der Waals surface area contributed by atoms with E-state index in [1.165, 1.54) is 11.1 Å². The normalized spacial score (nSPS) is 36.3. The molecule has 0 bridgehead atoms. The van der Waals surface area contributed by atoms with Crippen LogP contribution in [0.1, 0.15) is 51.2 Å². The number of carboxylic acid groups (broad SMARTS) is 1. The maximum atomic E-state index is 13.0. The van der Waals surface area contributed by atoms with Gasteiger partial charge in [0.15, 0.2) is 0 Å². The number of aliphatic carboxylic acids is 1. The fourth-order valence-electron chi connectivity index (χ4n) is 5.27. The molecule has 0 heterocycles. The molecule has 1 aromatic rings. The van der Waals surface area contributed by atoms with Crippen LogP contribution in [0.4, 0.5) is 0 Å². The second-order valence-electron chi connectivity index (χ2n) is 8.64. The van der Waals surface area contributed by atoms with Gasteiger partial charge in [0.1, 0.15) is 5.54 Å². The maximum absolute atomic E-state index is 13.0. The second kappa shape index (κ2) is 5.56. The van der Waals surface area contributed by atoms with Gasteiger partial charge in [-0.3, -0.25) is 4.79 Å². The van der Waals surface area contributed by atoms with E-state index in [0.29, 0.717) is 13.0 Å². The summed E-state index contributed by atoms with van der Waals surface area (Å²) in [5, 5.41) is 12.8. The van der Waals surface area contributed by atoms with E-state index in [-0.39, 0.29) is 23.3 Å². The number of benzene rings is 1.